The summed E-state index contributed by atoms with van der Waals surface area (Å²) >= 11 is 2.91. The minimum absolute atomic E-state index is 0.0532. The van der Waals surface area contributed by atoms with E-state index in [2.05, 4.69) is 15.9 Å². The molecule has 0 amide bonds. The average molecular weight is 317 g/mol. The third-order valence-electron chi connectivity index (χ3n) is 3.50. The van der Waals surface area contributed by atoms with Gasteiger partial charge in [0.05, 0.1) is 10.0 Å². The third-order valence-corrected chi connectivity index (χ3v) is 4.11. The molecule has 2 rings (SSSR count). The van der Waals surface area contributed by atoms with Crippen molar-refractivity contribution in [2.24, 2.45) is 5.92 Å². The number of carbonyl (C=O) groups is 1. The van der Waals surface area contributed by atoms with E-state index >= 15 is 0 Å². The van der Waals surface area contributed by atoms with Gasteiger partial charge in [-0.05, 0) is 40.9 Å². The molecular formula is C14H15BrF2O. The van der Waals surface area contributed by atoms with Gasteiger partial charge in [-0.2, -0.15) is 0 Å². The van der Waals surface area contributed by atoms with Gasteiger partial charge in [-0.25, -0.2) is 8.78 Å². The van der Waals surface area contributed by atoms with Gasteiger partial charge < -0.3 is 0 Å². The molecule has 0 N–H and O–H groups in total. The number of carbonyl (C=O) groups excluding carboxylic acids is 1. The smallest absolute Gasteiger partial charge is 0.168 e. The molecule has 1 aromatic carbocycles. The normalized spacial score (nSPS) is 17.5. The Balaban J connectivity index is 2.24. The van der Waals surface area contributed by atoms with E-state index in [0.29, 0.717) is 0 Å². The predicted molar refractivity (Wildman–Crippen MR) is 69.6 cm³/mol. The fourth-order valence-corrected chi connectivity index (χ4v) is 2.79. The molecule has 1 nitrogen and oxygen atoms in total. The first-order valence-corrected chi connectivity index (χ1v) is 7.07. The van der Waals surface area contributed by atoms with Crippen LogP contribution in [0, 0.1) is 17.6 Å². The highest BCUT2D eigenvalue weighted by molar-refractivity contribution is 9.10. The van der Waals surface area contributed by atoms with Gasteiger partial charge in [-0.3, -0.25) is 4.79 Å². The zero-order chi connectivity index (χ0) is 13.1. The Labute approximate surface area is 114 Å². The van der Waals surface area contributed by atoms with Crippen molar-refractivity contribution in [1.82, 2.24) is 0 Å². The number of hydrogen-bond donors (Lipinski definition) is 0. The summed E-state index contributed by atoms with van der Waals surface area (Å²) in [5.74, 6) is -1.63. The highest BCUT2D eigenvalue weighted by Gasteiger charge is 2.24. The van der Waals surface area contributed by atoms with Crippen molar-refractivity contribution >= 4 is 21.7 Å². The van der Waals surface area contributed by atoms with Crippen LogP contribution in [0.4, 0.5) is 8.78 Å². The van der Waals surface area contributed by atoms with Gasteiger partial charge in [0.15, 0.2) is 5.78 Å². The van der Waals surface area contributed by atoms with E-state index in [-0.39, 0.29) is 21.7 Å². The molecule has 1 saturated carbocycles. The maximum absolute atomic E-state index is 13.7. The van der Waals surface area contributed by atoms with Crippen LogP contribution in [0.15, 0.2) is 16.6 Å². The summed E-state index contributed by atoms with van der Waals surface area (Å²) in [7, 11) is 0. The molecule has 0 spiro atoms. The van der Waals surface area contributed by atoms with Crippen molar-refractivity contribution in [3.63, 3.8) is 0 Å². The van der Waals surface area contributed by atoms with Gasteiger partial charge in [-0.15, -0.1) is 0 Å². The topological polar surface area (TPSA) is 17.1 Å². The number of benzene rings is 1. The molecular weight excluding hydrogens is 302 g/mol. The summed E-state index contributed by atoms with van der Waals surface area (Å²) in [6.45, 7) is 0. The minimum atomic E-state index is -0.641. The monoisotopic (exact) mass is 316 g/mol. The van der Waals surface area contributed by atoms with E-state index in [0.717, 1.165) is 50.7 Å². The van der Waals surface area contributed by atoms with E-state index < -0.39 is 11.6 Å². The zero-order valence-electron chi connectivity index (χ0n) is 10.0. The molecule has 18 heavy (non-hydrogen) atoms. The standard InChI is InChI=1S/C14H15BrF2O/c15-11-8-12(16)10(7-13(11)17)14(18)9-5-3-1-2-4-6-9/h7-9H,1-6H2. The van der Waals surface area contributed by atoms with Gasteiger partial charge in [0.25, 0.3) is 0 Å². The number of hydrogen-bond acceptors (Lipinski definition) is 1. The summed E-state index contributed by atoms with van der Waals surface area (Å²) in [6.07, 6.45) is 5.82. The zero-order valence-corrected chi connectivity index (χ0v) is 11.6. The number of halogens is 3. The second-order valence-corrected chi connectivity index (χ2v) is 5.65. The van der Waals surface area contributed by atoms with Gasteiger partial charge in [-0.1, -0.05) is 25.7 Å². The summed E-state index contributed by atoms with van der Waals surface area (Å²) < 4.78 is 27.2. The Morgan fingerprint density at radius 2 is 1.67 bits per heavy atom. The fourth-order valence-electron chi connectivity index (χ4n) is 2.47. The fraction of sp³-hybridized carbons (Fsp3) is 0.500. The van der Waals surface area contributed by atoms with Gasteiger partial charge in [0, 0.05) is 5.92 Å². The molecule has 0 atom stereocenters. The second-order valence-electron chi connectivity index (χ2n) is 4.80. The number of ketones is 1. The molecule has 0 saturated heterocycles. The predicted octanol–water partition coefficient (Wildman–Crippen LogP) is 4.88. The Bertz CT molecular complexity index is 451. The Hall–Kier alpha value is -0.770. The van der Waals surface area contributed by atoms with Crippen molar-refractivity contribution in [2.75, 3.05) is 0 Å². The van der Waals surface area contributed by atoms with E-state index in [1.165, 1.54) is 0 Å². The van der Waals surface area contributed by atoms with E-state index in [9.17, 15) is 13.6 Å². The summed E-state index contributed by atoms with van der Waals surface area (Å²) in [6, 6.07) is 2.03. The number of Topliss-reactive ketones (excluding diaryl/α,β-unsaturated/α-hetero) is 1. The van der Waals surface area contributed by atoms with Gasteiger partial charge >= 0.3 is 0 Å². The van der Waals surface area contributed by atoms with Crippen molar-refractivity contribution in [1.29, 1.82) is 0 Å². The molecule has 98 valence electrons. The first kappa shape index (κ1) is 13.7. The molecule has 1 aliphatic carbocycles. The van der Waals surface area contributed by atoms with Crippen LogP contribution in [0.5, 0.6) is 0 Å². The van der Waals surface area contributed by atoms with Crippen molar-refractivity contribution < 1.29 is 13.6 Å². The van der Waals surface area contributed by atoms with E-state index in [1.807, 2.05) is 0 Å². The third kappa shape index (κ3) is 2.97. The molecule has 0 radical (unpaired) electrons. The molecule has 1 aromatic rings. The summed E-state index contributed by atoms with van der Waals surface area (Å²) in [4.78, 5) is 12.2. The van der Waals surface area contributed by atoms with Crippen LogP contribution >= 0.6 is 15.9 Å². The first-order chi connectivity index (χ1) is 8.59. The molecule has 0 unspecified atom stereocenters. The lowest BCUT2D eigenvalue weighted by Crippen LogP contribution is -2.16. The first-order valence-electron chi connectivity index (χ1n) is 6.28. The van der Waals surface area contributed by atoms with Crippen LogP contribution in [0.25, 0.3) is 0 Å². The van der Waals surface area contributed by atoms with Crippen LogP contribution in [0.2, 0.25) is 0 Å². The largest absolute Gasteiger partial charge is 0.294 e. The Morgan fingerprint density at radius 3 is 2.28 bits per heavy atom. The van der Waals surface area contributed by atoms with Crippen LogP contribution in [-0.2, 0) is 0 Å². The second kappa shape index (κ2) is 5.91. The highest BCUT2D eigenvalue weighted by Crippen LogP contribution is 2.28. The molecule has 1 fully saturated rings. The van der Waals surface area contributed by atoms with Crippen LogP contribution in [-0.4, -0.2) is 5.78 Å². The van der Waals surface area contributed by atoms with Gasteiger partial charge in [0.2, 0.25) is 0 Å². The lowest BCUT2D eigenvalue weighted by Gasteiger charge is -2.13. The van der Waals surface area contributed by atoms with Crippen LogP contribution < -0.4 is 0 Å². The Morgan fingerprint density at radius 1 is 1.06 bits per heavy atom. The summed E-state index contributed by atoms with van der Waals surface area (Å²) in [5, 5.41) is 0. The SMILES string of the molecule is O=C(c1cc(F)c(Br)cc1F)C1CCCCCC1. The van der Waals surface area contributed by atoms with Crippen molar-refractivity contribution in [3.8, 4) is 0 Å². The summed E-state index contributed by atoms with van der Waals surface area (Å²) in [5.41, 5.74) is -0.109. The minimum Gasteiger partial charge on any atom is -0.294 e. The number of rotatable bonds is 2. The molecule has 0 heterocycles. The molecule has 0 aromatic heterocycles. The highest BCUT2D eigenvalue weighted by atomic mass is 79.9. The lowest BCUT2D eigenvalue weighted by molar-refractivity contribution is 0.0903. The lowest BCUT2D eigenvalue weighted by atomic mass is 9.91. The van der Waals surface area contributed by atoms with Crippen LogP contribution in [0.3, 0.4) is 0 Å². The quantitative estimate of drug-likeness (QED) is 0.432. The van der Waals surface area contributed by atoms with Crippen molar-refractivity contribution in [2.45, 2.75) is 38.5 Å². The molecule has 0 aliphatic heterocycles. The average Bonchev–Trinajstić information content (AvgIpc) is 2.61. The molecule has 0 bridgehead atoms. The van der Waals surface area contributed by atoms with E-state index in [4.69, 9.17) is 0 Å². The maximum Gasteiger partial charge on any atom is 0.168 e. The molecule has 1 aliphatic rings. The van der Waals surface area contributed by atoms with Crippen molar-refractivity contribution in [3.05, 3.63) is 33.8 Å². The van der Waals surface area contributed by atoms with Crippen LogP contribution in [0.1, 0.15) is 48.9 Å². The maximum atomic E-state index is 13.7. The van der Waals surface area contributed by atoms with Gasteiger partial charge in [0.1, 0.15) is 11.6 Å². The van der Waals surface area contributed by atoms with E-state index in [1.54, 1.807) is 0 Å². The molecule has 4 heteroatoms. The Kier molecular flexibility index (Phi) is 4.49.